The summed E-state index contributed by atoms with van der Waals surface area (Å²) in [4.78, 5) is 16.8. The van der Waals surface area contributed by atoms with E-state index in [0.29, 0.717) is 25.7 Å². The first-order chi connectivity index (χ1) is 11.7. The Labute approximate surface area is 144 Å². The lowest BCUT2D eigenvalue weighted by Gasteiger charge is -2.35. The summed E-state index contributed by atoms with van der Waals surface area (Å²) < 4.78 is 7.87. The molecular formula is C17H29N5O2. The van der Waals surface area contributed by atoms with Gasteiger partial charge in [-0.25, -0.2) is 0 Å². The van der Waals surface area contributed by atoms with Gasteiger partial charge in [-0.05, 0) is 19.8 Å². The Kier molecular flexibility index (Phi) is 5.84. The summed E-state index contributed by atoms with van der Waals surface area (Å²) in [7, 11) is 1.96. The number of likely N-dealkylation sites (N-methyl/N-ethyl adjacent to an activating group) is 1. The highest BCUT2D eigenvalue weighted by Crippen LogP contribution is 2.23. The molecule has 1 unspecified atom stereocenters. The van der Waals surface area contributed by atoms with Crippen LogP contribution in [0.5, 0.6) is 0 Å². The molecule has 1 saturated heterocycles. The highest BCUT2D eigenvalue weighted by Gasteiger charge is 2.29. The highest BCUT2D eigenvalue weighted by molar-refractivity contribution is 5.78. The maximum Gasteiger partial charge on any atom is 0.236 e. The van der Waals surface area contributed by atoms with Gasteiger partial charge in [0, 0.05) is 32.7 Å². The number of aryl methyl sites for hydroxylation is 1. The molecule has 0 bridgehead atoms. The normalized spacial score (nSPS) is 23.3. The molecule has 1 aliphatic heterocycles. The summed E-state index contributed by atoms with van der Waals surface area (Å²) in [5.74, 6) is 1.08. The second-order valence-corrected chi connectivity index (χ2v) is 6.87. The van der Waals surface area contributed by atoms with Crippen molar-refractivity contribution in [1.29, 1.82) is 0 Å². The fourth-order valence-corrected chi connectivity index (χ4v) is 3.73. The second kappa shape index (κ2) is 8.07. The number of carbonyl (C=O) groups is 1. The molecule has 1 amide bonds. The van der Waals surface area contributed by atoms with Gasteiger partial charge >= 0.3 is 0 Å². The van der Waals surface area contributed by atoms with E-state index in [2.05, 4.69) is 22.0 Å². The Morgan fingerprint density at radius 2 is 2.17 bits per heavy atom. The van der Waals surface area contributed by atoms with Crippen LogP contribution in [0.25, 0.3) is 0 Å². The summed E-state index contributed by atoms with van der Waals surface area (Å²) in [6.07, 6.45) is 7.72. The van der Waals surface area contributed by atoms with E-state index in [1.807, 2.05) is 16.5 Å². The van der Waals surface area contributed by atoms with Gasteiger partial charge in [0.15, 0.2) is 5.82 Å². The van der Waals surface area contributed by atoms with Gasteiger partial charge in [-0.1, -0.05) is 19.3 Å². The molecule has 1 aromatic heterocycles. The Morgan fingerprint density at radius 3 is 2.92 bits per heavy atom. The Morgan fingerprint density at radius 1 is 1.38 bits per heavy atom. The van der Waals surface area contributed by atoms with Crippen LogP contribution in [-0.2, 0) is 16.1 Å². The van der Waals surface area contributed by atoms with Crippen molar-refractivity contribution in [3.05, 3.63) is 12.2 Å². The first-order valence-electron chi connectivity index (χ1n) is 9.16. The quantitative estimate of drug-likeness (QED) is 0.815. The molecule has 2 heterocycles. The van der Waals surface area contributed by atoms with Crippen molar-refractivity contribution < 1.29 is 9.53 Å². The molecule has 2 fully saturated rings. The third-order valence-corrected chi connectivity index (χ3v) is 5.30. The van der Waals surface area contributed by atoms with E-state index in [1.165, 1.54) is 19.3 Å². The van der Waals surface area contributed by atoms with Crippen molar-refractivity contribution in [3.63, 3.8) is 0 Å². The van der Waals surface area contributed by atoms with Crippen molar-refractivity contribution in [2.24, 2.45) is 0 Å². The smallest absolute Gasteiger partial charge is 0.236 e. The molecule has 134 valence electrons. The third kappa shape index (κ3) is 3.95. The van der Waals surface area contributed by atoms with Gasteiger partial charge in [-0.2, -0.15) is 0 Å². The van der Waals surface area contributed by atoms with Gasteiger partial charge in [0.25, 0.3) is 0 Å². The predicted octanol–water partition coefficient (Wildman–Crippen LogP) is 1.46. The molecule has 0 spiro atoms. The van der Waals surface area contributed by atoms with E-state index in [0.717, 1.165) is 31.8 Å². The minimum Gasteiger partial charge on any atom is -0.368 e. The lowest BCUT2D eigenvalue weighted by molar-refractivity contribution is -0.136. The first-order valence-corrected chi connectivity index (χ1v) is 9.16. The van der Waals surface area contributed by atoms with E-state index in [9.17, 15) is 4.79 Å². The molecule has 0 radical (unpaired) electrons. The zero-order valence-electron chi connectivity index (χ0n) is 14.9. The number of hydrogen-bond donors (Lipinski definition) is 0. The van der Waals surface area contributed by atoms with E-state index in [-0.39, 0.29) is 12.0 Å². The van der Waals surface area contributed by atoms with E-state index >= 15 is 0 Å². The first kappa shape index (κ1) is 17.4. The molecule has 1 aromatic rings. The van der Waals surface area contributed by atoms with Gasteiger partial charge in [-0.15, -0.1) is 10.2 Å². The van der Waals surface area contributed by atoms with Crippen LogP contribution in [0.1, 0.15) is 51.0 Å². The van der Waals surface area contributed by atoms with Crippen molar-refractivity contribution >= 4 is 5.91 Å². The SMILES string of the molecule is CCn1cnnc1C1CN(CC(=O)N(C)C2CCCCC2)CCO1. The van der Waals surface area contributed by atoms with Crippen LogP contribution in [0.4, 0.5) is 0 Å². The van der Waals surface area contributed by atoms with Gasteiger partial charge in [0.05, 0.1) is 13.2 Å². The molecule has 3 rings (SSSR count). The zero-order chi connectivity index (χ0) is 16.9. The predicted molar refractivity (Wildman–Crippen MR) is 90.5 cm³/mol. The van der Waals surface area contributed by atoms with Crippen LogP contribution in [0.3, 0.4) is 0 Å². The number of hydrogen-bond acceptors (Lipinski definition) is 5. The summed E-state index contributed by atoms with van der Waals surface area (Å²) in [5.41, 5.74) is 0. The Bertz CT molecular complexity index is 541. The molecule has 7 heteroatoms. The van der Waals surface area contributed by atoms with E-state index < -0.39 is 0 Å². The zero-order valence-corrected chi connectivity index (χ0v) is 14.9. The number of morpholine rings is 1. The summed E-state index contributed by atoms with van der Waals surface area (Å²) in [5, 5.41) is 8.18. The number of carbonyl (C=O) groups excluding carboxylic acids is 1. The van der Waals surface area contributed by atoms with E-state index in [1.54, 1.807) is 6.33 Å². The fraction of sp³-hybridized carbons (Fsp3) is 0.824. The lowest BCUT2D eigenvalue weighted by Crippen LogP contribution is -2.47. The molecule has 0 N–H and O–H groups in total. The molecule has 0 aromatic carbocycles. The summed E-state index contributed by atoms with van der Waals surface area (Å²) >= 11 is 0. The molecule has 7 nitrogen and oxygen atoms in total. The summed E-state index contributed by atoms with van der Waals surface area (Å²) in [6, 6.07) is 0.422. The molecule has 24 heavy (non-hydrogen) atoms. The van der Waals surface area contributed by atoms with Gasteiger partial charge < -0.3 is 14.2 Å². The van der Waals surface area contributed by atoms with Crippen LogP contribution < -0.4 is 0 Å². The number of ether oxygens (including phenoxy) is 1. The monoisotopic (exact) mass is 335 g/mol. The van der Waals surface area contributed by atoms with Crippen LogP contribution >= 0.6 is 0 Å². The highest BCUT2D eigenvalue weighted by atomic mass is 16.5. The maximum atomic E-state index is 12.6. The average Bonchev–Trinajstić information content (AvgIpc) is 3.11. The van der Waals surface area contributed by atoms with Crippen LogP contribution in [0.2, 0.25) is 0 Å². The number of rotatable bonds is 5. The van der Waals surface area contributed by atoms with Crippen LogP contribution in [0, 0.1) is 0 Å². The van der Waals surface area contributed by atoms with E-state index in [4.69, 9.17) is 4.74 Å². The molecule has 1 saturated carbocycles. The van der Waals surface area contributed by atoms with Crippen molar-refractivity contribution in [3.8, 4) is 0 Å². The summed E-state index contributed by atoms with van der Waals surface area (Å²) in [6.45, 7) is 5.47. The van der Waals surface area contributed by atoms with Crippen molar-refractivity contribution in [2.75, 3.05) is 33.3 Å². The third-order valence-electron chi connectivity index (χ3n) is 5.30. The molecular weight excluding hydrogens is 306 g/mol. The number of amides is 1. The standard InChI is InChI=1S/C17H29N5O2/c1-3-22-13-18-19-17(22)15-11-21(9-10-24-15)12-16(23)20(2)14-7-5-4-6-8-14/h13-15H,3-12H2,1-2H3. The average molecular weight is 335 g/mol. The minimum atomic E-state index is -0.103. The number of aromatic nitrogens is 3. The second-order valence-electron chi connectivity index (χ2n) is 6.87. The minimum absolute atomic E-state index is 0.103. The van der Waals surface area contributed by atoms with Gasteiger partial charge in [-0.3, -0.25) is 9.69 Å². The van der Waals surface area contributed by atoms with Crippen LogP contribution in [-0.4, -0.2) is 69.8 Å². The Balaban J connectivity index is 1.55. The molecule has 1 aliphatic carbocycles. The maximum absolute atomic E-state index is 12.6. The van der Waals surface area contributed by atoms with Gasteiger partial charge in [0.1, 0.15) is 12.4 Å². The van der Waals surface area contributed by atoms with Crippen molar-refractivity contribution in [2.45, 2.75) is 57.7 Å². The largest absolute Gasteiger partial charge is 0.368 e. The molecule has 1 atom stereocenters. The van der Waals surface area contributed by atoms with Gasteiger partial charge in [0.2, 0.25) is 5.91 Å². The molecule has 2 aliphatic rings. The van der Waals surface area contributed by atoms with Crippen LogP contribution in [0.15, 0.2) is 6.33 Å². The Hall–Kier alpha value is -1.47. The topological polar surface area (TPSA) is 63.5 Å². The number of nitrogens with zero attached hydrogens (tertiary/aromatic N) is 5. The fourth-order valence-electron chi connectivity index (χ4n) is 3.73. The lowest BCUT2D eigenvalue weighted by atomic mass is 9.94. The van der Waals surface area contributed by atoms with Crippen molar-refractivity contribution in [1.82, 2.24) is 24.6 Å².